The third-order valence-corrected chi connectivity index (χ3v) is 4.52. The third-order valence-electron chi connectivity index (χ3n) is 4.52. The van der Waals surface area contributed by atoms with Crippen LogP contribution in [0, 0.1) is 0 Å². The van der Waals surface area contributed by atoms with Crippen LogP contribution in [0.15, 0.2) is 78.9 Å². The van der Waals surface area contributed by atoms with E-state index < -0.39 is 0 Å². The Morgan fingerprint density at radius 2 is 1.20 bits per heavy atom. The molecular weight excluding hydrogens is 302 g/mol. The molecule has 3 aromatic rings. The topological polar surface area (TPSA) is 12.0 Å². The number of benzene rings is 3. The summed E-state index contributed by atoms with van der Waals surface area (Å²) in [5.41, 5.74) is 6.74. The minimum atomic E-state index is 0.202. The van der Waals surface area contributed by atoms with Crippen molar-refractivity contribution in [2.75, 3.05) is 5.32 Å². The summed E-state index contributed by atoms with van der Waals surface area (Å²) in [5, 5.41) is 3.51. The number of hydrogen-bond donors (Lipinski definition) is 1. The zero-order chi connectivity index (χ0) is 17.7. The van der Waals surface area contributed by atoms with Gasteiger partial charge in [-0.25, -0.2) is 0 Å². The second kappa shape index (κ2) is 7.57. The van der Waals surface area contributed by atoms with Crippen LogP contribution in [0.5, 0.6) is 0 Å². The van der Waals surface area contributed by atoms with Crippen molar-refractivity contribution >= 4 is 5.69 Å². The fraction of sp³-hybridized carbons (Fsp3) is 0.250. The van der Waals surface area contributed by atoms with Crippen molar-refractivity contribution in [2.24, 2.45) is 0 Å². The molecule has 0 amide bonds. The smallest absolute Gasteiger partial charge is 0.0400 e. The van der Waals surface area contributed by atoms with Crippen molar-refractivity contribution in [2.45, 2.75) is 39.2 Å². The molecule has 3 rings (SSSR count). The van der Waals surface area contributed by atoms with Gasteiger partial charge in [-0.1, -0.05) is 87.5 Å². The largest absolute Gasteiger partial charge is 0.381 e. The molecule has 0 heterocycles. The Labute approximate surface area is 151 Å². The first kappa shape index (κ1) is 17.3. The molecule has 0 radical (unpaired) electrons. The summed E-state index contributed by atoms with van der Waals surface area (Å²) in [6.45, 7) is 7.58. The lowest BCUT2D eigenvalue weighted by atomic mass is 9.87. The molecule has 1 nitrogen and oxygen atoms in total. The number of anilines is 1. The molecule has 0 aromatic heterocycles. The van der Waals surface area contributed by atoms with E-state index in [1.54, 1.807) is 0 Å². The van der Waals surface area contributed by atoms with Gasteiger partial charge in [0, 0.05) is 12.2 Å². The third kappa shape index (κ3) is 4.96. The zero-order valence-electron chi connectivity index (χ0n) is 15.4. The molecular formula is C24H27N. The van der Waals surface area contributed by atoms with Crippen LogP contribution >= 0.6 is 0 Å². The number of hydrogen-bond acceptors (Lipinski definition) is 1. The fourth-order valence-corrected chi connectivity index (χ4v) is 2.90. The highest BCUT2D eigenvalue weighted by Crippen LogP contribution is 2.23. The Balaban J connectivity index is 1.57. The Kier molecular flexibility index (Phi) is 5.23. The van der Waals surface area contributed by atoms with Gasteiger partial charge in [-0.3, -0.25) is 0 Å². The number of rotatable bonds is 5. The van der Waals surface area contributed by atoms with Crippen molar-refractivity contribution in [3.05, 3.63) is 101 Å². The molecule has 0 aliphatic carbocycles. The molecule has 0 atom stereocenters. The van der Waals surface area contributed by atoms with Crippen LogP contribution in [0.25, 0.3) is 0 Å². The quantitative estimate of drug-likeness (QED) is 0.589. The summed E-state index contributed by atoms with van der Waals surface area (Å²) >= 11 is 0. The minimum absolute atomic E-state index is 0.202. The van der Waals surface area contributed by atoms with E-state index in [9.17, 15) is 0 Å². The van der Waals surface area contributed by atoms with Gasteiger partial charge in [-0.2, -0.15) is 0 Å². The van der Waals surface area contributed by atoms with Gasteiger partial charge in [-0.15, -0.1) is 0 Å². The lowest BCUT2D eigenvalue weighted by Crippen LogP contribution is -2.10. The first-order valence-corrected chi connectivity index (χ1v) is 8.97. The van der Waals surface area contributed by atoms with Gasteiger partial charge in [0.2, 0.25) is 0 Å². The second-order valence-electron chi connectivity index (χ2n) is 7.66. The second-order valence-corrected chi connectivity index (χ2v) is 7.66. The molecule has 0 fully saturated rings. The molecule has 0 saturated heterocycles. The van der Waals surface area contributed by atoms with Crippen molar-refractivity contribution in [1.29, 1.82) is 0 Å². The van der Waals surface area contributed by atoms with Crippen LogP contribution in [-0.4, -0.2) is 0 Å². The van der Waals surface area contributed by atoms with Gasteiger partial charge in [0.1, 0.15) is 0 Å². The molecule has 25 heavy (non-hydrogen) atoms. The molecule has 0 spiro atoms. The number of nitrogens with one attached hydrogen (secondary N) is 1. The van der Waals surface area contributed by atoms with Gasteiger partial charge < -0.3 is 5.32 Å². The monoisotopic (exact) mass is 329 g/mol. The molecule has 1 N–H and O–H groups in total. The predicted octanol–water partition coefficient (Wildman–Crippen LogP) is 6.19. The predicted molar refractivity (Wildman–Crippen MR) is 108 cm³/mol. The van der Waals surface area contributed by atoms with E-state index in [1.165, 1.54) is 27.9 Å². The van der Waals surface area contributed by atoms with Gasteiger partial charge in [-0.05, 0) is 46.2 Å². The van der Waals surface area contributed by atoms with Crippen LogP contribution in [-0.2, 0) is 18.4 Å². The molecule has 3 aromatic carbocycles. The van der Waals surface area contributed by atoms with E-state index in [1.807, 2.05) is 0 Å². The van der Waals surface area contributed by atoms with Gasteiger partial charge in [0.05, 0.1) is 0 Å². The van der Waals surface area contributed by atoms with Crippen molar-refractivity contribution in [1.82, 2.24) is 0 Å². The van der Waals surface area contributed by atoms with Crippen LogP contribution < -0.4 is 5.32 Å². The maximum absolute atomic E-state index is 3.51. The highest BCUT2D eigenvalue weighted by atomic mass is 14.9. The van der Waals surface area contributed by atoms with Gasteiger partial charge in [0.25, 0.3) is 0 Å². The zero-order valence-corrected chi connectivity index (χ0v) is 15.4. The van der Waals surface area contributed by atoms with Crippen molar-refractivity contribution in [3.63, 3.8) is 0 Å². The Morgan fingerprint density at radius 3 is 1.80 bits per heavy atom. The van der Waals surface area contributed by atoms with Crippen molar-refractivity contribution in [3.8, 4) is 0 Å². The van der Waals surface area contributed by atoms with Crippen LogP contribution in [0.1, 0.15) is 43.0 Å². The summed E-state index contributed by atoms with van der Waals surface area (Å²) in [6, 6.07) is 28.3. The first-order valence-electron chi connectivity index (χ1n) is 8.97. The van der Waals surface area contributed by atoms with E-state index in [2.05, 4.69) is 105 Å². The van der Waals surface area contributed by atoms with Crippen LogP contribution in [0.3, 0.4) is 0 Å². The fourth-order valence-electron chi connectivity index (χ4n) is 2.90. The van der Waals surface area contributed by atoms with Gasteiger partial charge in [0.15, 0.2) is 0 Å². The SMILES string of the molecule is CC(C)(C)c1ccc(NCc2ccc(Cc3ccccc3)cc2)cc1. The first-order chi connectivity index (χ1) is 12.0. The lowest BCUT2D eigenvalue weighted by molar-refractivity contribution is 0.590. The maximum Gasteiger partial charge on any atom is 0.0400 e. The molecule has 0 unspecified atom stereocenters. The standard InChI is InChI=1S/C24H27N/c1-24(2,3)22-13-15-23(16-14-22)25-18-21-11-9-20(10-12-21)17-19-7-5-4-6-8-19/h4-16,25H,17-18H2,1-3H3. The molecule has 0 aliphatic rings. The van der Waals surface area contributed by atoms with Gasteiger partial charge >= 0.3 is 0 Å². The maximum atomic E-state index is 3.51. The van der Waals surface area contributed by atoms with E-state index in [4.69, 9.17) is 0 Å². The Bertz CT molecular complexity index is 778. The van der Waals surface area contributed by atoms with Crippen LogP contribution in [0.2, 0.25) is 0 Å². The van der Waals surface area contributed by atoms with E-state index >= 15 is 0 Å². The Morgan fingerprint density at radius 1 is 0.640 bits per heavy atom. The summed E-state index contributed by atoms with van der Waals surface area (Å²) in [4.78, 5) is 0. The molecule has 0 saturated carbocycles. The highest BCUT2D eigenvalue weighted by Gasteiger charge is 2.12. The van der Waals surface area contributed by atoms with Crippen LogP contribution in [0.4, 0.5) is 5.69 Å². The van der Waals surface area contributed by atoms with E-state index in [-0.39, 0.29) is 5.41 Å². The van der Waals surface area contributed by atoms with Crippen molar-refractivity contribution < 1.29 is 0 Å². The lowest BCUT2D eigenvalue weighted by Gasteiger charge is -2.19. The highest BCUT2D eigenvalue weighted by molar-refractivity contribution is 5.46. The summed E-state index contributed by atoms with van der Waals surface area (Å²) in [5.74, 6) is 0. The molecule has 1 heteroatoms. The summed E-state index contributed by atoms with van der Waals surface area (Å²) in [6.07, 6.45) is 0.989. The minimum Gasteiger partial charge on any atom is -0.381 e. The summed E-state index contributed by atoms with van der Waals surface area (Å²) in [7, 11) is 0. The summed E-state index contributed by atoms with van der Waals surface area (Å²) < 4.78 is 0. The average Bonchev–Trinajstić information content (AvgIpc) is 2.62. The molecule has 128 valence electrons. The van der Waals surface area contributed by atoms with E-state index in [0.29, 0.717) is 0 Å². The Hall–Kier alpha value is -2.54. The average molecular weight is 329 g/mol. The van der Waals surface area contributed by atoms with E-state index in [0.717, 1.165) is 13.0 Å². The molecule has 0 bridgehead atoms. The molecule has 0 aliphatic heterocycles. The normalized spacial score (nSPS) is 11.3.